The molecule has 0 radical (unpaired) electrons. The van der Waals surface area contributed by atoms with E-state index in [4.69, 9.17) is 5.73 Å². The summed E-state index contributed by atoms with van der Waals surface area (Å²) in [6, 6.07) is 0. The summed E-state index contributed by atoms with van der Waals surface area (Å²) in [5.74, 6) is 0. The van der Waals surface area contributed by atoms with Gasteiger partial charge in [0.25, 0.3) is 10.0 Å². The van der Waals surface area contributed by atoms with Gasteiger partial charge in [-0.3, -0.25) is 5.10 Å². The zero-order valence-corrected chi connectivity index (χ0v) is 12.8. The van der Waals surface area contributed by atoms with E-state index in [0.717, 1.165) is 25.7 Å². The van der Waals surface area contributed by atoms with E-state index in [2.05, 4.69) is 19.8 Å². The maximum Gasteiger partial charge on any atom is 0.257 e. The van der Waals surface area contributed by atoms with Crippen LogP contribution < -0.4 is 10.5 Å². The van der Waals surface area contributed by atoms with Gasteiger partial charge in [0, 0.05) is 24.2 Å². The second kappa shape index (κ2) is 5.80. The van der Waals surface area contributed by atoms with Crippen LogP contribution in [0.1, 0.15) is 31.2 Å². The van der Waals surface area contributed by atoms with Gasteiger partial charge in [-0.25, -0.2) is 13.1 Å². The third-order valence-electron chi connectivity index (χ3n) is 4.24. The summed E-state index contributed by atoms with van der Waals surface area (Å²) >= 11 is 0. The maximum absolute atomic E-state index is 12.3. The molecule has 0 aromatic carbocycles. The number of sulfonamides is 1. The lowest BCUT2D eigenvalue weighted by atomic mass is 9.97. The highest BCUT2D eigenvalue weighted by atomic mass is 32.2. The highest BCUT2D eigenvalue weighted by Gasteiger charge is 2.37. The number of hydrogen-bond donors (Lipinski definition) is 3. The molecular weight excluding hydrogens is 278 g/mol. The molecule has 0 bridgehead atoms. The van der Waals surface area contributed by atoms with Gasteiger partial charge >= 0.3 is 0 Å². The van der Waals surface area contributed by atoms with Crippen molar-refractivity contribution >= 4 is 10.0 Å². The van der Waals surface area contributed by atoms with Crippen LogP contribution in [0.25, 0.3) is 0 Å². The van der Waals surface area contributed by atoms with Gasteiger partial charge in [-0.1, -0.05) is 12.8 Å². The summed E-state index contributed by atoms with van der Waals surface area (Å²) < 4.78 is 27.4. The molecular formula is C12H23N5O2S. The summed E-state index contributed by atoms with van der Waals surface area (Å²) in [6.07, 6.45) is 5.74. The van der Waals surface area contributed by atoms with Gasteiger partial charge in [0.15, 0.2) is 5.03 Å². The molecule has 0 saturated heterocycles. The predicted octanol–water partition coefficient (Wildman–Crippen LogP) is 0.0211. The minimum Gasteiger partial charge on any atom is -0.326 e. The van der Waals surface area contributed by atoms with E-state index in [1.807, 2.05) is 14.1 Å². The molecule has 7 nitrogen and oxygen atoms in total. The molecule has 1 fully saturated rings. The Morgan fingerprint density at radius 2 is 2.10 bits per heavy atom. The monoisotopic (exact) mass is 301 g/mol. The first-order valence-electron chi connectivity index (χ1n) is 6.81. The van der Waals surface area contributed by atoms with E-state index < -0.39 is 10.0 Å². The molecule has 1 aliphatic carbocycles. The normalized spacial score (nSPS) is 18.8. The number of aromatic amines is 1. The molecule has 0 atom stereocenters. The van der Waals surface area contributed by atoms with Gasteiger partial charge in [0.1, 0.15) is 0 Å². The summed E-state index contributed by atoms with van der Waals surface area (Å²) in [6.45, 7) is 0.553. The Labute approximate surface area is 120 Å². The Hall–Kier alpha value is -0.960. The van der Waals surface area contributed by atoms with Crippen molar-refractivity contribution in [2.75, 3.05) is 20.6 Å². The molecule has 0 unspecified atom stereocenters. The van der Waals surface area contributed by atoms with Gasteiger partial charge in [0.2, 0.25) is 0 Å². The summed E-state index contributed by atoms with van der Waals surface area (Å²) in [5, 5.41) is 6.35. The third-order valence-corrected chi connectivity index (χ3v) is 5.66. The van der Waals surface area contributed by atoms with Crippen LogP contribution in [0, 0.1) is 0 Å². The van der Waals surface area contributed by atoms with Crippen molar-refractivity contribution in [3.05, 3.63) is 11.8 Å². The number of likely N-dealkylation sites (N-methyl/N-ethyl adjacent to an activating group) is 1. The van der Waals surface area contributed by atoms with Gasteiger partial charge in [-0.05, 0) is 26.9 Å². The van der Waals surface area contributed by atoms with Crippen molar-refractivity contribution in [2.24, 2.45) is 5.73 Å². The molecule has 1 heterocycles. The molecule has 1 aliphatic rings. The summed E-state index contributed by atoms with van der Waals surface area (Å²) in [4.78, 5) is 2.12. The minimum atomic E-state index is -3.59. The Kier molecular flexibility index (Phi) is 4.48. The van der Waals surface area contributed by atoms with E-state index >= 15 is 0 Å². The van der Waals surface area contributed by atoms with E-state index in [-0.39, 0.29) is 17.1 Å². The minimum absolute atomic E-state index is 0.0758. The molecule has 114 valence electrons. The highest BCUT2D eigenvalue weighted by Crippen LogP contribution is 2.33. The number of hydrogen-bond acceptors (Lipinski definition) is 5. The number of H-pyrrole nitrogens is 1. The number of aromatic nitrogens is 2. The van der Waals surface area contributed by atoms with Crippen LogP contribution in [-0.4, -0.2) is 49.7 Å². The van der Waals surface area contributed by atoms with Crippen molar-refractivity contribution < 1.29 is 8.42 Å². The smallest absolute Gasteiger partial charge is 0.257 e. The Morgan fingerprint density at radius 1 is 1.45 bits per heavy atom. The zero-order valence-electron chi connectivity index (χ0n) is 12.0. The van der Waals surface area contributed by atoms with Crippen molar-refractivity contribution in [1.29, 1.82) is 0 Å². The summed E-state index contributed by atoms with van der Waals surface area (Å²) in [5.41, 5.74) is 5.94. The fourth-order valence-electron chi connectivity index (χ4n) is 2.79. The first-order chi connectivity index (χ1) is 9.41. The zero-order chi connectivity index (χ0) is 14.8. The van der Waals surface area contributed by atoms with Crippen LogP contribution in [0.4, 0.5) is 0 Å². The molecule has 4 N–H and O–H groups in total. The lowest BCUT2D eigenvalue weighted by Gasteiger charge is -2.36. The number of rotatable bonds is 6. The topological polar surface area (TPSA) is 104 Å². The average molecular weight is 301 g/mol. The van der Waals surface area contributed by atoms with Crippen LogP contribution in [0.5, 0.6) is 0 Å². The van der Waals surface area contributed by atoms with Crippen molar-refractivity contribution in [1.82, 2.24) is 19.8 Å². The van der Waals surface area contributed by atoms with E-state index in [0.29, 0.717) is 12.1 Å². The van der Waals surface area contributed by atoms with Crippen LogP contribution in [0.3, 0.4) is 0 Å². The van der Waals surface area contributed by atoms with Crippen LogP contribution in [0.2, 0.25) is 0 Å². The fraction of sp³-hybridized carbons (Fsp3) is 0.750. The number of nitrogens with zero attached hydrogens (tertiary/aromatic N) is 2. The van der Waals surface area contributed by atoms with Crippen molar-refractivity contribution in [3.8, 4) is 0 Å². The largest absolute Gasteiger partial charge is 0.326 e. The molecule has 20 heavy (non-hydrogen) atoms. The van der Waals surface area contributed by atoms with Crippen LogP contribution >= 0.6 is 0 Å². The molecule has 1 saturated carbocycles. The van der Waals surface area contributed by atoms with Gasteiger partial charge in [-0.2, -0.15) is 5.10 Å². The standard InChI is InChI=1S/C12H23N5O2S/c1-17(2)12(5-3-4-6-12)9-15-20(18,19)11-10(7-13)8-14-16-11/h8,15H,3-7,9,13H2,1-2H3,(H,14,16). The van der Waals surface area contributed by atoms with Crippen molar-refractivity contribution in [2.45, 2.75) is 42.8 Å². The quantitative estimate of drug-likeness (QED) is 0.687. The second-order valence-corrected chi connectivity index (χ2v) is 7.28. The van der Waals surface area contributed by atoms with Gasteiger partial charge in [-0.15, -0.1) is 0 Å². The highest BCUT2D eigenvalue weighted by molar-refractivity contribution is 7.89. The van der Waals surface area contributed by atoms with Gasteiger partial charge < -0.3 is 10.6 Å². The fourth-order valence-corrected chi connectivity index (χ4v) is 4.05. The van der Waals surface area contributed by atoms with E-state index in [1.165, 1.54) is 6.20 Å². The molecule has 1 aromatic heterocycles. The lowest BCUT2D eigenvalue weighted by molar-refractivity contribution is 0.162. The first kappa shape index (κ1) is 15.4. The molecule has 1 aromatic rings. The molecule has 0 aliphatic heterocycles. The van der Waals surface area contributed by atoms with Gasteiger partial charge in [0.05, 0.1) is 6.20 Å². The second-order valence-electron chi connectivity index (χ2n) is 5.58. The number of nitrogens with one attached hydrogen (secondary N) is 2. The molecule has 0 amide bonds. The molecule has 2 rings (SSSR count). The van der Waals surface area contributed by atoms with E-state index in [1.54, 1.807) is 0 Å². The third kappa shape index (κ3) is 2.88. The van der Waals surface area contributed by atoms with Crippen molar-refractivity contribution in [3.63, 3.8) is 0 Å². The number of nitrogens with two attached hydrogens (primary N) is 1. The first-order valence-corrected chi connectivity index (χ1v) is 8.29. The van der Waals surface area contributed by atoms with Crippen LogP contribution in [0.15, 0.2) is 11.2 Å². The van der Waals surface area contributed by atoms with E-state index in [9.17, 15) is 8.42 Å². The maximum atomic E-state index is 12.3. The van der Waals surface area contributed by atoms with Crippen LogP contribution in [-0.2, 0) is 16.6 Å². The Morgan fingerprint density at radius 3 is 2.65 bits per heavy atom. The Balaban J connectivity index is 2.13. The molecule has 0 spiro atoms. The average Bonchev–Trinajstić information content (AvgIpc) is 3.06. The molecule has 8 heteroatoms. The summed E-state index contributed by atoms with van der Waals surface area (Å²) in [7, 11) is 0.409. The lowest BCUT2D eigenvalue weighted by Crippen LogP contribution is -2.50. The predicted molar refractivity (Wildman–Crippen MR) is 76.6 cm³/mol. The Bertz CT molecular complexity index is 546. The SMILES string of the molecule is CN(C)C1(CNS(=O)(=O)c2[nH]ncc2CN)CCCC1.